The van der Waals surface area contributed by atoms with Crippen LogP contribution >= 0.6 is 23.4 Å². The van der Waals surface area contributed by atoms with Gasteiger partial charge in [0.2, 0.25) is 0 Å². The summed E-state index contributed by atoms with van der Waals surface area (Å²) in [4.78, 5) is 13.1. The molecule has 134 valence electrons. The van der Waals surface area contributed by atoms with E-state index in [-0.39, 0.29) is 6.03 Å². The summed E-state index contributed by atoms with van der Waals surface area (Å²) in [6.45, 7) is 5.29. The van der Waals surface area contributed by atoms with E-state index in [4.69, 9.17) is 16.3 Å². The Morgan fingerprint density at radius 2 is 1.84 bits per heavy atom. The summed E-state index contributed by atoms with van der Waals surface area (Å²) in [5.41, 5.74) is 0.740. The summed E-state index contributed by atoms with van der Waals surface area (Å²) in [7, 11) is 0. The Labute approximate surface area is 158 Å². The van der Waals surface area contributed by atoms with Crippen LogP contribution < -0.4 is 15.4 Å². The third-order valence-corrected chi connectivity index (χ3v) is 4.98. The Bertz CT molecular complexity index is 662. The van der Waals surface area contributed by atoms with Gasteiger partial charge in [-0.2, -0.15) is 0 Å². The molecular formula is C19H23ClN2O2S. The number of urea groups is 1. The van der Waals surface area contributed by atoms with Crippen molar-refractivity contribution in [2.75, 3.05) is 24.2 Å². The number of benzene rings is 2. The SMILES string of the molecule is CCOc1ccc(NC(=O)NC[C@@H](C)CSc2ccc(Cl)cc2)cc1. The van der Waals surface area contributed by atoms with Crippen molar-refractivity contribution in [2.45, 2.75) is 18.7 Å². The molecule has 0 saturated heterocycles. The van der Waals surface area contributed by atoms with Gasteiger partial charge in [0.1, 0.15) is 5.75 Å². The van der Waals surface area contributed by atoms with Crippen molar-refractivity contribution in [3.63, 3.8) is 0 Å². The highest BCUT2D eigenvalue weighted by molar-refractivity contribution is 7.99. The summed E-state index contributed by atoms with van der Waals surface area (Å²) >= 11 is 7.63. The van der Waals surface area contributed by atoms with E-state index >= 15 is 0 Å². The third-order valence-electron chi connectivity index (χ3n) is 3.38. The second-order valence-corrected chi connectivity index (χ2v) is 7.19. The second-order valence-electron chi connectivity index (χ2n) is 5.66. The predicted octanol–water partition coefficient (Wildman–Crippen LogP) is 5.29. The Balaban J connectivity index is 1.68. The lowest BCUT2D eigenvalue weighted by molar-refractivity contribution is 0.251. The zero-order valence-corrected chi connectivity index (χ0v) is 16.0. The molecule has 0 saturated carbocycles. The molecule has 0 bridgehead atoms. The summed E-state index contributed by atoms with van der Waals surface area (Å²) in [6, 6.07) is 14.9. The van der Waals surface area contributed by atoms with E-state index in [1.807, 2.05) is 55.5 Å². The number of ether oxygens (including phenoxy) is 1. The van der Waals surface area contributed by atoms with Crippen molar-refractivity contribution in [3.8, 4) is 5.75 Å². The van der Waals surface area contributed by atoms with Crippen LogP contribution in [0.15, 0.2) is 53.4 Å². The van der Waals surface area contributed by atoms with E-state index in [1.54, 1.807) is 11.8 Å². The van der Waals surface area contributed by atoms with Crippen LogP contribution in [0.25, 0.3) is 0 Å². The number of hydrogen-bond donors (Lipinski definition) is 2. The monoisotopic (exact) mass is 378 g/mol. The topological polar surface area (TPSA) is 50.4 Å². The first-order chi connectivity index (χ1) is 12.1. The molecule has 2 rings (SSSR count). The Kier molecular flexibility index (Phi) is 7.95. The normalized spacial score (nSPS) is 11.6. The van der Waals surface area contributed by atoms with Gasteiger partial charge in [-0.25, -0.2) is 4.79 Å². The van der Waals surface area contributed by atoms with E-state index in [0.29, 0.717) is 19.1 Å². The van der Waals surface area contributed by atoms with E-state index in [2.05, 4.69) is 17.6 Å². The van der Waals surface area contributed by atoms with Crippen LogP contribution in [0.4, 0.5) is 10.5 Å². The largest absolute Gasteiger partial charge is 0.494 e. The summed E-state index contributed by atoms with van der Waals surface area (Å²) in [6.07, 6.45) is 0. The highest BCUT2D eigenvalue weighted by atomic mass is 35.5. The zero-order chi connectivity index (χ0) is 18.1. The molecule has 2 amide bonds. The minimum atomic E-state index is -0.201. The molecule has 6 heteroatoms. The first-order valence-corrected chi connectivity index (χ1v) is 9.59. The highest BCUT2D eigenvalue weighted by Crippen LogP contribution is 2.22. The Morgan fingerprint density at radius 1 is 1.16 bits per heavy atom. The van der Waals surface area contributed by atoms with Crippen LogP contribution in [0, 0.1) is 5.92 Å². The standard InChI is InChI=1S/C19H23ClN2O2S/c1-3-24-17-8-6-16(7-9-17)22-19(23)21-12-14(2)13-25-18-10-4-15(20)5-11-18/h4-11,14H,3,12-13H2,1-2H3,(H2,21,22,23)/t14-/m1/s1. The minimum Gasteiger partial charge on any atom is -0.494 e. The molecule has 0 radical (unpaired) electrons. The van der Waals surface area contributed by atoms with Gasteiger partial charge in [-0.3, -0.25) is 0 Å². The molecule has 0 fully saturated rings. The molecule has 2 aromatic carbocycles. The van der Waals surface area contributed by atoms with Gasteiger partial charge >= 0.3 is 6.03 Å². The minimum absolute atomic E-state index is 0.201. The molecule has 0 spiro atoms. The average Bonchev–Trinajstić information content (AvgIpc) is 2.61. The quantitative estimate of drug-likeness (QED) is 0.613. The van der Waals surface area contributed by atoms with Crippen LogP contribution in [0.5, 0.6) is 5.75 Å². The Morgan fingerprint density at radius 3 is 2.48 bits per heavy atom. The van der Waals surface area contributed by atoms with Gasteiger partial charge in [0, 0.05) is 27.9 Å². The maximum absolute atomic E-state index is 12.0. The molecule has 0 aliphatic heterocycles. The van der Waals surface area contributed by atoms with E-state index in [0.717, 1.165) is 22.2 Å². The van der Waals surface area contributed by atoms with Gasteiger partial charge in [0.15, 0.2) is 0 Å². The molecule has 0 aromatic heterocycles. The van der Waals surface area contributed by atoms with Crippen molar-refractivity contribution in [1.82, 2.24) is 5.32 Å². The first-order valence-electron chi connectivity index (χ1n) is 8.23. The number of hydrogen-bond acceptors (Lipinski definition) is 3. The summed E-state index contributed by atoms with van der Waals surface area (Å²) < 4.78 is 5.38. The molecular weight excluding hydrogens is 356 g/mol. The molecule has 0 heterocycles. The van der Waals surface area contributed by atoms with E-state index < -0.39 is 0 Å². The maximum Gasteiger partial charge on any atom is 0.319 e. The fourth-order valence-electron chi connectivity index (χ4n) is 2.07. The third kappa shape index (κ3) is 7.28. The lowest BCUT2D eigenvalue weighted by Crippen LogP contribution is -2.32. The lowest BCUT2D eigenvalue weighted by Gasteiger charge is -2.13. The molecule has 25 heavy (non-hydrogen) atoms. The molecule has 0 aliphatic carbocycles. The molecule has 0 unspecified atom stereocenters. The number of thioether (sulfide) groups is 1. The lowest BCUT2D eigenvalue weighted by atomic mass is 10.2. The van der Waals surface area contributed by atoms with Crippen molar-refractivity contribution in [3.05, 3.63) is 53.6 Å². The van der Waals surface area contributed by atoms with Crippen LogP contribution in [0.2, 0.25) is 5.02 Å². The summed E-state index contributed by atoms with van der Waals surface area (Å²) in [5, 5.41) is 6.46. The van der Waals surface area contributed by atoms with E-state index in [9.17, 15) is 4.79 Å². The second kappa shape index (κ2) is 10.2. The van der Waals surface area contributed by atoms with Crippen molar-refractivity contribution >= 4 is 35.1 Å². The molecule has 0 aliphatic rings. The number of amides is 2. The van der Waals surface area contributed by atoms with Crippen molar-refractivity contribution < 1.29 is 9.53 Å². The fraction of sp³-hybridized carbons (Fsp3) is 0.316. The van der Waals surface area contributed by atoms with Crippen molar-refractivity contribution in [2.24, 2.45) is 5.92 Å². The van der Waals surface area contributed by atoms with Crippen LogP contribution in [-0.2, 0) is 0 Å². The van der Waals surface area contributed by atoms with Crippen LogP contribution in [0.1, 0.15) is 13.8 Å². The number of nitrogens with one attached hydrogen (secondary N) is 2. The van der Waals surface area contributed by atoms with Gasteiger partial charge in [-0.15, -0.1) is 11.8 Å². The predicted molar refractivity (Wildman–Crippen MR) is 106 cm³/mol. The number of anilines is 1. The molecule has 1 atom stereocenters. The van der Waals surface area contributed by atoms with Gasteiger partial charge in [-0.1, -0.05) is 18.5 Å². The van der Waals surface area contributed by atoms with Crippen LogP contribution in [0.3, 0.4) is 0 Å². The zero-order valence-electron chi connectivity index (χ0n) is 14.4. The van der Waals surface area contributed by atoms with Gasteiger partial charge in [0.25, 0.3) is 0 Å². The smallest absolute Gasteiger partial charge is 0.319 e. The average molecular weight is 379 g/mol. The van der Waals surface area contributed by atoms with Gasteiger partial charge < -0.3 is 15.4 Å². The molecule has 4 nitrogen and oxygen atoms in total. The van der Waals surface area contributed by atoms with Crippen LogP contribution in [-0.4, -0.2) is 24.9 Å². The van der Waals surface area contributed by atoms with Crippen molar-refractivity contribution in [1.29, 1.82) is 0 Å². The number of rotatable bonds is 8. The number of carbonyl (C=O) groups is 1. The van der Waals surface area contributed by atoms with Gasteiger partial charge in [0.05, 0.1) is 6.61 Å². The number of halogens is 1. The maximum atomic E-state index is 12.0. The fourth-order valence-corrected chi connectivity index (χ4v) is 3.12. The summed E-state index contributed by atoms with van der Waals surface area (Å²) in [5.74, 6) is 2.07. The Hall–Kier alpha value is -1.85. The van der Waals surface area contributed by atoms with Gasteiger partial charge in [-0.05, 0) is 61.4 Å². The van der Waals surface area contributed by atoms with E-state index in [1.165, 1.54) is 4.90 Å². The first kappa shape index (κ1) is 19.5. The number of carbonyl (C=O) groups excluding carboxylic acids is 1. The molecule has 2 aromatic rings. The molecule has 2 N–H and O–H groups in total. The highest BCUT2D eigenvalue weighted by Gasteiger charge is 2.07.